The van der Waals surface area contributed by atoms with Crippen LogP contribution < -0.4 is 0 Å². The Hall–Kier alpha value is -2.73. The molecule has 3 heteroatoms. The summed E-state index contributed by atoms with van der Waals surface area (Å²) in [5.41, 5.74) is 2.75. The molecule has 22 heavy (non-hydrogen) atoms. The number of hydrogen-bond donors (Lipinski definition) is 0. The highest BCUT2D eigenvalue weighted by Crippen LogP contribution is 2.21. The zero-order valence-electron chi connectivity index (χ0n) is 12.8. The van der Waals surface area contributed by atoms with Crippen LogP contribution in [0.25, 0.3) is 6.08 Å². The third kappa shape index (κ3) is 4.13. The van der Waals surface area contributed by atoms with Gasteiger partial charge in [-0.3, -0.25) is 9.78 Å². The second-order valence-electron chi connectivity index (χ2n) is 5.31. The fraction of sp³-hybridized carbons (Fsp3) is 0.211. The van der Waals surface area contributed by atoms with E-state index in [1.807, 2.05) is 62.4 Å². The molecule has 0 spiro atoms. The largest absolute Gasteiger partial charge is 0.293 e. The number of aromatic nitrogens is 1. The number of pyridine rings is 1. The van der Waals surface area contributed by atoms with Crippen LogP contribution >= 0.6 is 0 Å². The van der Waals surface area contributed by atoms with Crippen LogP contribution in [0.2, 0.25) is 0 Å². The van der Waals surface area contributed by atoms with Crippen LogP contribution in [0.3, 0.4) is 0 Å². The van der Waals surface area contributed by atoms with E-state index in [-0.39, 0.29) is 17.3 Å². The average molecular weight is 290 g/mol. The molecule has 1 aromatic carbocycles. The van der Waals surface area contributed by atoms with E-state index in [9.17, 15) is 10.1 Å². The molecule has 0 N–H and O–H groups in total. The molecule has 0 bridgehead atoms. The van der Waals surface area contributed by atoms with Gasteiger partial charge in [-0.2, -0.15) is 5.26 Å². The Morgan fingerprint density at radius 3 is 2.59 bits per heavy atom. The van der Waals surface area contributed by atoms with Crippen molar-refractivity contribution in [2.45, 2.75) is 26.2 Å². The normalized spacial score (nSPS) is 12.5. The van der Waals surface area contributed by atoms with Gasteiger partial charge in [-0.15, -0.1) is 0 Å². The Balaban J connectivity index is 2.14. The highest BCUT2D eigenvalue weighted by Gasteiger charge is 2.15. The molecule has 0 saturated carbocycles. The summed E-state index contributed by atoms with van der Waals surface area (Å²) in [7, 11) is 0. The van der Waals surface area contributed by atoms with Crippen LogP contribution in [-0.2, 0) is 4.79 Å². The van der Waals surface area contributed by atoms with E-state index in [4.69, 9.17) is 0 Å². The number of carbonyl (C=O) groups is 1. The maximum absolute atomic E-state index is 12.3. The van der Waals surface area contributed by atoms with Crippen LogP contribution in [0.15, 0.2) is 54.1 Å². The summed E-state index contributed by atoms with van der Waals surface area (Å²) in [5, 5.41) is 9.24. The number of nitriles is 1. The molecule has 2 aromatic rings. The quantitative estimate of drug-likeness (QED) is 0.616. The number of hydrogen-bond acceptors (Lipinski definition) is 3. The van der Waals surface area contributed by atoms with Gasteiger partial charge in [0.25, 0.3) is 0 Å². The van der Waals surface area contributed by atoms with Gasteiger partial charge in [0, 0.05) is 12.1 Å². The third-order valence-corrected chi connectivity index (χ3v) is 3.48. The number of rotatable bonds is 5. The molecule has 0 aliphatic heterocycles. The van der Waals surface area contributed by atoms with Crippen molar-refractivity contribution in [3.63, 3.8) is 0 Å². The molecule has 3 nitrogen and oxygen atoms in total. The van der Waals surface area contributed by atoms with Crippen molar-refractivity contribution in [3.05, 3.63) is 71.1 Å². The Kier molecular flexibility index (Phi) is 5.21. The maximum atomic E-state index is 12.3. The summed E-state index contributed by atoms with van der Waals surface area (Å²) in [6.45, 7) is 3.87. The molecule has 0 saturated heterocycles. The van der Waals surface area contributed by atoms with Crippen molar-refractivity contribution >= 4 is 11.9 Å². The summed E-state index contributed by atoms with van der Waals surface area (Å²) in [6, 6.07) is 17.4. The zero-order valence-corrected chi connectivity index (χ0v) is 12.8. The topological polar surface area (TPSA) is 53.8 Å². The first-order valence-corrected chi connectivity index (χ1v) is 7.23. The number of nitrogens with zero attached hydrogens (tertiary/aromatic N) is 2. The average Bonchev–Trinajstić information content (AvgIpc) is 2.53. The first-order valence-electron chi connectivity index (χ1n) is 7.23. The molecule has 2 rings (SSSR count). The van der Waals surface area contributed by atoms with Gasteiger partial charge in [0.1, 0.15) is 6.07 Å². The first-order chi connectivity index (χ1) is 10.6. The minimum absolute atomic E-state index is 0.0796. The standard InChI is InChI=1S/C19H18N2O/c1-14(16-8-4-3-5-9-16)11-19(22)17(13-20)12-18-10-6-7-15(2)21-18/h3-10,12,14H,11H2,1-2H3/b17-12+/t14-/m1/s1. The van der Waals surface area contributed by atoms with Gasteiger partial charge in [0.2, 0.25) is 0 Å². The highest BCUT2D eigenvalue weighted by molar-refractivity contribution is 6.03. The fourth-order valence-corrected chi connectivity index (χ4v) is 2.25. The molecule has 0 unspecified atom stereocenters. The lowest BCUT2D eigenvalue weighted by Crippen LogP contribution is -2.06. The van der Waals surface area contributed by atoms with E-state index in [0.29, 0.717) is 12.1 Å². The number of allylic oxidation sites excluding steroid dienone is 1. The van der Waals surface area contributed by atoms with Crippen LogP contribution in [0.4, 0.5) is 0 Å². The molecular formula is C19H18N2O. The number of carbonyl (C=O) groups excluding carboxylic acids is 1. The molecule has 0 aliphatic rings. The van der Waals surface area contributed by atoms with Gasteiger partial charge >= 0.3 is 0 Å². The van der Waals surface area contributed by atoms with E-state index in [1.165, 1.54) is 0 Å². The number of aryl methyl sites for hydroxylation is 1. The number of benzene rings is 1. The highest BCUT2D eigenvalue weighted by atomic mass is 16.1. The van der Waals surface area contributed by atoms with Crippen molar-refractivity contribution < 1.29 is 4.79 Å². The first kappa shape index (κ1) is 15.7. The van der Waals surface area contributed by atoms with Crippen molar-refractivity contribution in [1.29, 1.82) is 5.26 Å². The molecular weight excluding hydrogens is 272 g/mol. The molecule has 0 amide bonds. The van der Waals surface area contributed by atoms with Crippen molar-refractivity contribution in [3.8, 4) is 6.07 Å². The molecule has 1 atom stereocenters. The summed E-state index contributed by atoms with van der Waals surface area (Å²) < 4.78 is 0. The van der Waals surface area contributed by atoms with Gasteiger partial charge in [0.15, 0.2) is 5.78 Å². The van der Waals surface area contributed by atoms with E-state index >= 15 is 0 Å². The molecule has 110 valence electrons. The van der Waals surface area contributed by atoms with Crippen molar-refractivity contribution in [1.82, 2.24) is 4.98 Å². The zero-order chi connectivity index (χ0) is 15.9. The minimum atomic E-state index is -0.151. The number of ketones is 1. The van der Waals surface area contributed by atoms with Gasteiger partial charge < -0.3 is 0 Å². The predicted molar refractivity (Wildman–Crippen MR) is 87.0 cm³/mol. The lowest BCUT2D eigenvalue weighted by Gasteiger charge is -2.10. The summed E-state index contributed by atoms with van der Waals surface area (Å²) in [4.78, 5) is 16.6. The summed E-state index contributed by atoms with van der Waals surface area (Å²) >= 11 is 0. The molecule has 0 fully saturated rings. The third-order valence-electron chi connectivity index (χ3n) is 3.48. The predicted octanol–water partition coefficient (Wildman–Crippen LogP) is 4.06. The molecule has 1 heterocycles. The van der Waals surface area contributed by atoms with E-state index < -0.39 is 0 Å². The van der Waals surface area contributed by atoms with Crippen molar-refractivity contribution in [2.75, 3.05) is 0 Å². The van der Waals surface area contributed by atoms with Crippen LogP contribution in [0.5, 0.6) is 0 Å². The number of Topliss-reactive ketones (excluding diaryl/α,β-unsaturated/α-hetero) is 1. The van der Waals surface area contributed by atoms with E-state index in [2.05, 4.69) is 4.98 Å². The van der Waals surface area contributed by atoms with E-state index in [1.54, 1.807) is 12.1 Å². The fourth-order valence-electron chi connectivity index (χ4n) is 2.25. The smallest absolute Gasteiger partial charge is 0.174 e. The summed E-state index contributed by atoms with van der Waals surface area (Å²) in [6.07, 6.45) is 1.88. The van der Waals surface area contributed by atoms with Crippen LogP contribution in [0.1, 0.15) is 36.2 Å². The monoisotopic (exact) mass is 290 g/mol. The lowest BCUT2D eigenvalue weighted by atomic mass is 9.93. The SMILES string of the molecule is Cc1cccc(/C=C(\C#N)C(=O)C[C@@H](C)c2ccccc2)n1. The molecule has 0 aliphatic carbocycles. The van der Waals surface area contributed by atoms with Crippen LogP contribution in [0, 0.1) is 18.3 Å². The second-order valence-corrected chi connectivity index (χ2v) is 5.31. The van der Waals surface area contributed by atoms with Gasteiger partial charge in [-0.25, -0.2) is 0 Å². The van der Waals surface area contributed by atoms with E-state index in [0.717, 1.165) is 11.3 Å². The minimum Gasteiger partial charge on any atom is -0.293 e. The van der Waals surface area contributed by atoms with Gasteiger partial charge in [0.05, 0.1) is 11.3 Å². The second kappa shape index (κ2) is 7.33. The molecule has 0 radical (unpaired) electrons. The summed E-state index contributed by atoms with van der Waals surface area (Å²) in [5.74, 6) is -0.0712. The van der Waals surface area contributed by atoms with Gasteiger partial charge in [-0.05, 0) is 36.6 Å². The lowest BCUT2D eigenvalue weighted by molar-refractivity contribution is -0.115. The maximum Gasteiger partial charge on any atom is 0.174 e. The Morgan fingerprint density at radius 2 is 1.95 bits per heavy atom. The Morgan fingerprint density at radius 1 is 1.23 bits per heavy atom. The Bertz CT molecular complexity index is 727. The molecule has 1 aromatic heterocycles. The van der Waals surface area contributed by atoms with Crippen molar-refractivity contribution in [2.24, 2.45) is 0 Å². The Labute approximate surface area is 130 Å². The van der Waals surface area contributed by atoms with Gasteiger partial charge in [-0.1, -0.05) is 43.3 Å². The van der Waals surface area contributed by atoms with Crippen LogP contribution in [-0.4, -0.2) is 10.8 Å².